The number of hydrogen-bond donors (Lipinski definition) is 2. The molecule has 1 unspecified atom stereocenters. The molecule has 0 saturated carbocycles. The summed E-state index contributed by atoms with van der Waals surface area (Å²) in [7, 11) is -3.44. The smallest absolute Gasteiger partial charge is 0.394 e. The van der Waals surface area contributed by atoms with E-state index >= 15 is 0 Å². The third-order valence-electron chi connectivity index (χ3n) is 7.85. The summed E-state index contributed by atoms with van der Waals surface area (Å²) in [6.45, 7) is 0.670. The molecular weight excluding hydrogens is 649 g/mol. The molecule has 1 fully saturated rings. The first-order valence-electron chi connectivity index (χ1n) is 14.6. The predicted octanol–water partition coefficient (Wildman–Crippen LogP) is 5.03. The van der Waals surface area contributed by atoms with Crippen LogP contribution in [0.5, 0.6) is 0 Å². The van der Waals surface area contributed by atoms with Gasteiger partial charge in [0.1, 0.15) is 6.42 Å². The lowest BCUT2D eigenvalue weighted by molar-refractivity contribution is -0.236. The van der Waals surface area contributed by atoms with E-state index < -0.39 is 65.3 Å². The van der Waals surface area contributed by atoms with Crippen LogP contribution in [0.4, 0.5) is 27.9 Å². The van der Waals surface area contributed by atoms with E-state index in [9.17, 15) is 40.3 Å². The summed E-state index contributed by atoms with van der Waals surface area (Å²) in [5, 5.41) is 21.2. The Morgan fingerprint density at radius 3 is 2.28 bits per heavy atom. The van der Waals surface area contributed by atoms with Crippen LogP contribution >= 0.6 is 0 Å². The zero-order valence-electron chi connectivity index (χ0n) is 25.1. The number of anilines is 1. The molecule has 0 bridgehead atoms. The van der Waals surface area contributed by atoms with E-state index in [1.54, 1.807) is 4.90 Å². The van der Waals surface area contributed by atoms with Gasteiger partial charge in [-0.05, 0) is 48.2 Å². The van der Waals surface area contributed by atoms with Gasteiger partial charge in [-0.3, -0.25) is 4.79 Å². The van der Waals surface area contributed by atoms with Crippen molar-refractivity contribution in [2.75, 3.05) is 30.4 Å². The SMILES string of the molecule is CCS(=O)(=O)c1ccc([C@H](CO)NC(=O)c2cnc(N3CC(c4ccc(C(F)(F)F)cc4)CC[C@H]3COC(F)(F)CC#N)nc2)cc1. The summed E-state index contributed by atoms with van der Waals surface area (Å²) in [5.41, 5.74) is 0.250. The number of carbonyl (C=O) groups is 1. The van der Waals surface area contributed by atoms with Crippen molar-refractivity contribution >= 4 is 21.7 Å². The molecular formula is C31H32F5N5O5S. The Bertz CT molecular complexity index is 1670. The Balaban J connectivity index is 1.52. The summed E-state index contributed by atoms with van der Waals surface area (Å²) in [5.74, 6) is -0.986. The third-order valence-corrected chi connectivity index (χ3v) is 9.60. The number of sulfone groups is 1. The second kappa shape index (κ2) is 14.7. The maximum atomic E-state index is 14.0. The normalized spacial score (nSPS) is 18.0. The van der Waals surface area contributed by atoms with Crippen LogP contribution in [0.15, 0.2) is 65.8 Å². The van der Waals surface area contributed by atoms with Gasteiger partial charge in [-0.25, -0.2) is 18.4 Å². The molecule has 1 saturated heterocycles. The summed E-state index contributed by atoms with van der Waals surface area (Å²) in [4.78, 5) is 23.2. The molecule has 1 aliphatic rings. The van der Waals surface area contributed by atoms with E-state index in [0.717, 1.165) is 12.1 Å². The number of nitrogens with one attached hydrogen (secondary N) is 1. The number of benzene rings is 2. The predicted molar refractivity (Wildman–Crippen MR) is 159 cm³/mol. The fraction of sp³-hybridized carbons (Fsp3) is 0.419. The molecule has 1 aromatic heterocycles. The Hall–Kier alpha value is -4.20. The lowest BCUT2D eigenvalue weighted by Gasteiger charge is -2.40. The lowest BCUT2D eigenvalue weighted by Crippen LogP contribution is -2.47. The third kappa shape index (κ3) is 8.99. The average Bonchev–Trinajstić information content (AvgIpc) is 3.06. The number of rotatable bonds is 12. The Kier molecular flexibility index (Phi) is 11.2. The van der Waals surface area contributed by atoms with E-state index in [-0.39, 0.29) is 41.0 Å². The molecule has 4 rings (SSSR count). The first-order chi connectivity index (χ1) is 22.2. The van der Waals surface area contributed by atoms with Crippen LogP contribution in [0.2, 0.25) is 0 Å². The van der Waals surface area contributed by atoms with Crippen LogP contribution in [-0.2, 0) is 20.8 Å². The van der Waals surface area contributed by atoms with Gasteiger partial charge in [-0.15, -0.1) is 0 Å². The van der Waals surface area contributed by atoms with Crippen LogP contribution in [0.1, 0.15) is 65.2 Å². The van der Waals surface area contributed by atoms with Crippen LogP contribution in [0.3, 0.4) is 0 Å². The maximum Gasteiger partial charge on any atom is 0.416 e. The van der Waals surface area contributed by atoms with E-state index in [1.165, 1.54) is 61.8 Å². The fourth-order valence-corrected chi connectivity index (χ4v) is 6.04. The highest BCUT2D eigenvalue weighted by molar-refractivity contribution is 7.91. The van der Waals surface area contributed by atoms with Gasteiger partial charge in [0.05, 0.1) is 53.1 Å². The molecule has 252 valence electrons. The average molecular weight is 682 g/mol. The number of hydrogen-bond acceptors (Lipinski definition) is 9. The number of aromatic nitrogens is 2. The number of alkyl halides is 5. The quantitative estimate of drug-likeness (QED) is 0.252. The molecule has 0 radical (unpaired) electrons. The van der Waals surface area contributed by atoms with Gasteiger partial charge in [-0.1, -0.05) is 31.2 Å². The molecule has 1 amide bonds. The number of aliphatic hydroxyl groups is 1. The first kappa shape index (κ1) is 35.7. The molecule has 2 N–H and O–H groups in total. The molecule has 2 heterocycles. The summed E-state index contributed by atoms with van der Waals surface area (Å²) in [6, 6.07) is 10.2. The van der Waals surface area contributed by atoms with E-state index in [4.69, 9.17) is 10.00 Å². The zero-order valence-corrected chi connectivity index (χ0v) is 25.9. The fourth-order valence-electron chi connectivity index (χ4n) is 5.16. The highest BCUT2D eigenvalue weighted by atomic mass is 32.2. The van der Waals surface area contributed by atoms with Crippen LogP contribution in [0, 0.1) is 11.3 Å². The van der Waals surface area contributed by atoms with E-state index in [2.05, 4.69) is 15.3 Å². The molecule has 0 aliphatic carbocycles. The van der Waals surface area contributed by atoms with E-state index in [1.807, 2.05) is 0 Å². The number of aliphatic hydroxyl groups excluding tert-OH is 1. The topological polar surface area (TPSA) is 146 Å². The number of nitrogens with zero attached hydrogens (tertiary/aromatic N) is 4. The van der Waals surface area contributed by atoms with Crippen molar-refractivity contribution in [2.24, 2.45) is 0 Å². The Labute approximate surface area is 268 Å². The van der Waals surface area contributed by atoms with Crippen molar-refractivity contribution in [1.82, 2.24) is 15.3 Å². The van der Waals surface area contributed by atoms with Crippen molar-refractivity contribution < 1.29 is 45.0 Å². The maximum absolute atomic E-state index is 14.0. The molecule has 10 nitrogen and oxygen atoms in total. The number of halogens is 5. The number of piperidine rings is 1. The molecule has 1 aliphatic heterocycles. The minimum Gasteiger partial charge on any atom is -0.394 e. The van der Waals surface area contributed by atoms with Crippen molar-refractivity contribution in [3.8, 4) is 6.07 Å². The van der Waals surface area contributed by atoms with E-state index in [0.29, 0.717) is 17.5 Å². The Morgan fingerprint density at radius 2 is 1.72 bits per heavy atom. The van der Waals surface area contributed by atoms with Gasteiger partial charge >= 0.3 is 12.3 Å². The first-order valence-corrected chi connectivity index (χ1v) is 16.2. The summed E-state index contributed by atoms with van der Waals surface area (Å²) in [6.07, 6.45) is -6.22. The van der Waals surface area contributed by atoms with Crippen molar-refractivity contribution in [3.63, 3.8) is 0 Å². The van der Waals surface area contributed by atoms with Gasteiger partial charge < -0.3 is 20.1 Å². The monoisotopic (exact) mass is 681 g/mol. The van der Waals surface area contributed by atoms with Crippen LogP contribution < -0.4 is 10.2 Å². The lowest BCUT2D eigenvalue weighted by atomic mass is 9.87. The standard InChI is InChI=1S/C31H32F5N5O5S/c1-2-47(44,45)26-11-6-21(7-12-26)27(18-42)40-28(43)23-15-38-29(39-16-23)41-17-22(20-3-8-24(9-4-20)31(34,35)36)5-10-25(41)19-46-30(32,33)13-14-37/h3-4,6-9,11-12,15-16,22,25,27,42H,2,5,10,13,17-19H2,1H3,(H,40,43)/t22?,25-,27-/m0/s1. The number of carbonyl (C=O) groups excluding carboxylic acids is 1. The van der Waals surface area contributed by atoms with Gasteiger partial charge in [0.2, 0.25) is 5.95 Å². The molecule has 0 spiro atoms. The second-order valence-corrected chi connectivity index (χ2v) is 13.2. The minimum absolute atomic E-state index is 0.00188. The second-order valence-electron chi connectivity index (χ2n) is 10.9. The van der Waals surface area contributed by atoms with Crippen LogP contribution in [-0.4, -0.2) is 67.1 Å². The molecule has 3 aromatic rings. The summed E-state index contributed by atoms with van der Waals surface area (Å²) < 4.78 is 96.2. The molecule has 16 heteroatoms. The number of amides is 1. The van der Waals surface area contributed by atoms with Crippen LogP contribution in [0.25, 0.3) is 0 Å². The van der Waals surface area contributed by atoms with Gasteiger partial charge in [-0.2, -0.15) is 27.2 Å². The van der Waals surface area contributed by atoms with Gasteiger partial charge in [0.15, 0.2) is 9.84 Å². The molecule has 47 heavy (non-hydrogen) atoms. The molecule has 3 atom stereocenters. The highest BCUT2D eigenvalue weighted by Crippen LogP contribution is 2.35. The largest absolute Gasteiger partial charge is 0.416 e. The highest BCUT2D eigenvalue weighted by Gasteiger charge is 2.36. The van der Waals surface area contributed by atoms with Crippen molar-refractivity contribution in [2.45, 2.75) is 61.4 Å². The molecule has 2 aromatic carbocycles. The number of nitriles is 1. The summed E-state index contributed by atoms with van der Waals surface area (Å²) >= 11 is 0. The van der Waals surface area contributed by atoms with Crippen molar-refractivity contribution in [1.29, 1.82) is 5.26 Å². The van der Waals surface area contributed by atoms with Gasteiger partial charge in [0, 0.05) is 24.9 Å². The zero-order chi connectivity index (χ0) is 34.4. The Morgan fingerprint density at radius 1 is 1.09 bits per heavy atom. The minimum atomic E-state index is -4.50. The van der Waals surface area contributed by atoms with Gasteiger partial charge in [0.25, 0.3) is 5.91 Å². The van der Waals surface area contributed by atoms with Crippen molar-refractivity contribution in [3.05, 3.63) is 83.2 Å². The number of ether oxygens (including phenoxy) is 1.